The molecular weight excluding hydrogens is 412 g/mol. The molecule has 0 saturated carbocycles. The highest BCUT2D eigenvalue weighted by Gasteiger charge is 2.45. The van der Waals surface area contributed by atoms with Crippen molar-refractivity contribution in [3.05, 3.63) is 57.6 Å². The molecule has 1 aliphatic heterocycles. The number of nitro benzene ring substituents is 1. The molecule has 0 radical (unpaired) electrons. The molecule has 0 aliphatic carbocycles. The Kier molecular flexibility index (Phi) is 6.69. The smallest absolute Gasteiger partial charge is 0.315 e. The van der Waals surface area contributed by atoms with Gasteiger partial charge in [-0.3, -0.25) is 10.1 Å². The van der Waals surface area contributed by atoms with Crippen LogP contribution in [0.3, 0.4) is 0 Å². The summed E-state index contributed by atoms with van der Waals surface area (Å²) in [5.74, 6) is 0.181. The zero-order chi connectivity index (χ0) is 22.7. The summed E-state index contributed by atoms with van der Waals surface area (Å²) >= 11 is 0. The van der Waals surface area contributed by atoms with Gasteiger partial charge in [0, 0.05) is 0 Å². The molecule has 4 N–H and O–H groups in total. The van der Waals surface area contributed by atoms with Crippen LogP contribution >= 0.6 is 0 Å². The maximum absolute atomic E-state index is 11.6. The van der Waals surface area contributed by atoms with Gasteiger partial charge in [0.1, 0.15) is 35.9 Å². The summed E-state index contributed by atoms with van der Waals surface area (Å²) in [6, 6.07) is 10.4. The second-order valence-corrected chi connectivity index (χ2v) is 6.90. The highest BCUT2D eigenvalue weighted by Crippen LogP contribution is 2.38. The molecular formula is C20H20N2O9. The SMILES string of the molecule is Cc1cc(Oc2ccc(C#N)cc2)c([N+](=O)[O-])cc1OC1OC(CO)C(O)C(O)C1O. The van der Waals surface area contributed by atoms with Gasteiger partial charge in [-0.2, -0.15) is 5.26 Å². The zero-order valence-electron chi connectivity index (χ0n) is 16.3. The van der Waals surface area contributed by atoms with E-state index in [1.807, 2.05) is 6.07 Å². The van der Waals surface area contributed by atoms with Gasteiger partial charge < -0.3 is 34.6 Å². The summed E-state index contributed by atoms with van der Waals surface area (Å²) in [4.78, 5) is 10.9. The van der Waals surface area contributed by atoms with Crippen LogP contribution in [0.1, 0.15) is 11.1 Å². The third-order valence-corrected chi connectivity index (χ3v) is 4.76. The fourth-order valence-corrected chi connectivity index (χ4v) is 3.02. The predicted octanol–water partition coefficient (Wildman–Crippen LogP) is 0.746. The van der Waals surface area contributed by atoms with E-state index in [9.17, 15) is 30.5 Å². The molecule has 1 aliphatic rings. The first kappa shape index (κ1) is 22.4. The third kappa shape index (κ3) is 4.74. The Balaban J connectivity index is 1.87. The lowest BCUT2D eigenvalue weighted by Crippen LogP contribution is -2.60. The van der Waals surface area contributed by atoms with Crippen molar-refractivity contribution in [3.63, 3.8) is 0 Å². The van der Waals surface area contributed by atoms with Crippen LogP contribution in [-0.4, -0.2) is 62.7 Å². The van der Waals surface area contributed by atoms with Gasteiger partial charge in [-0.15, -0.1) is 0 Å². The Morgan fingerprint density at radius 3 is 2.39 bits per heavy atom. The van der Waals surface area contributed by atoms with E-state index in [0.717, 1.165) is 6.07 Å². The predicted molar refractivity (Wildman–Crippen MR) is 103 cm³/mol. The molecule has 2 aromatic carbocycles. The molecule has 0 amide bonds. The van der Waals surface area contributed by atoms with Gasteiger partial charge in [0.2, 0.25) is 12.0 Å². The molecule has 5 atom stereocenters. The second kappa shape index (κ2) is 9.25. The molecule has 1 fully saturated rings. The molecule has 3 rings (SSSR count). The van der Waals surface area contributed by atoms with Crippen molar-refractivity contribution in [1.29, 1.82) is 5.26 Å². The van der Waals surface area contributed by atoms with Gasteiger partial charge in [0.05, 0.1) is 29.2 Å². The normalized spacial score (nSPS) is 25.5. The van der Waals surface area contributed by atoms with Crippen molar-refractivity contribution >= 4 is 5.69 Å². The Hall–Kier alpha value is -3.27. The zero-order valence-corrected chi connectivity index (χ0v) is 16.3. The van der Waals surface area contributed by atoms with Gasteiger partial charge in [0.15, 0.2) is 0 Å². The average Bonchev–Trinajstić information content (AvgIpc) is 2.76. The van der Waals surface area contributed by atoms with Crippen molar-refractivity contribution in [2.75, 3.05) is 6.61 Å². The Labute approximate surface area is 176 Å². The van der Waals surface area contributed by atoms with Crippen LogP contribution in [0.15, 0.2) is 36.4 Å². The number of aryl methyl sites for hydroxylation is 1. The molecule has 11 nitrogen and oxygen atoms in total. The average molecular weight is 432 g/mol. The van der Waals surface area contributed by atoms with Gasteiger partial charge >= 0.3 is 5.69 Å². The van der Waals surface area contributed by atoms with Crippen LogP contribution in [0.4, 0.5) is 5.69 Å². The minimum Gasteiger partial charge on any atom is -0.461 e. The number of hydrogen-bond acceptors (Lipinski definition) is 10. The molecule has 1 saturated heterocycles. The second-order valence-electron chi connectivity index (χ2n) is 6.90. The van der Waals surface area contributed by atoms with E-state index in [1.165, 1.54) is 30.3 Å². The Morgan fingerprint density at radius 2 is 1.81 bits per heavy atom. The van der Waals surface area contributed by atoms with E-state index in [1.54, 1.807) is 6.92 Å². The number of aliphatic hydroxyl groups excluding tert-OH is 4. The molecule has 1 heterocycles. The van der Waals surface area contributed by atoms with Crippen LogP contribution in [0.25, 0.3) is 0 Å². The number of hydrogen-bond donors (Lipinski definition) is 4. The number of nitrogens with zero attached hydrogens (tertiary/aromatic N) is 2. The summed E-state index contributed by atoms with van der Waals surface area (Å²) in [6.45, 7) is 0.940. The minimum absolute atomic E-state index is 0.0248. The molecule has 31 heavy (non-hydrogen) atoms. The number of rotatable bonds is 6. The Bertz CT molecular complexity index is 987. The van der Waals surface area contributed by atoms with Crippen LogP contribution in [0.2, 0.25) is 0 Å². The van der Waals surface area contributed by atoms with Crippen molar-refractivity contribution in [1.82, 2.24) is 0 Å². The molecule has 2 aromatic rings. The van der Waals surface area contributed by atoms with Gasteiger partial charge in [-0.05, 0) is 42.8 Å². The first-order chi connectivity index (χ1) is 14.7. The summed E-state index contributed by atoms with van der Waals surface area (Å²) in [7, 11) is 0. The standard InChI is InChI=1S/C20H20N2O9/c1-10-6-15(29-12-4-2-11(8-21)3-5-12)13(22(27)28)7-14(10)30-20-19(26)18(25)17(24)16(9-23)31-20/h2-7,16-20,23-26H,9H2,1H3. The van der Waals surface area contributed by atoms with E-state index in [4.69, 9.17) is 19.5 Å². The molecule has 0 bridgehead atoms. The number of aliphatic hydroxyl groups is 4. The molecule has 11 heteroatoms. The lowest BCUT2D eigenvalue weighted by Gasteiger charge is -2.39. The van der Waals surface area contributed by atoms with Gasteiger partial charge in [-0.1, -0.05) is 0 Å². The molecule has 0 spiro atoms. The summed E-state index contributed by atoms with van der Waals surface area (Å²) < 4.78 is 16.4. The summed E-state index contributed by atoms with van der Waals surface area (Å²) in [5, 5.41) is 59.5. The van der Waals surface area contributed by atoms with Gasteiger partial charge in [0.25, 0.3) is 0 Å². The number of nitro groups is 1. The van der Waals surface area contributed by atoms with Crippen molar-refractivity contribution in [2.24, 2.45) is 0 Å². The summed E-state index contributed by atoms with van der Waals surface area (Å²) in [5.41, 5.74) is 0.363. The lowest BCUT2D eigenvalue weighted by atomic mass is 9.99. The van der Waals surface area contributed by atoms with Crippen LogP contribution in [0.5, 0.6) is 17.2 Å². The van der Waals surface area contributed by atoms with E-state index in [0.29, 0.717) is 11.1 Å². The van der Waals surface area contributed by atoms with Crippen LogP contribution < -0.4 is 9.47 Å². The van der Waals surface area contributed by atoms with Crippen LogP contribution in [0, 0.1) is 28.4 Å². The van der Waals surface area contributed by atoms with Gasteiger partial charge in [-0.25, -0.2) is 0 Å². The van der Waals surface area contributed by atoms with E-state index < -0.39 is 47.9 Å². The van der Waals surface area contributed by atoms with Crippen molar-refractivity contribution < 1.29 is 39.6 Å². The first-order valence-corrected chi connectivity index (χ1v) is 9.19. The summed E-state index contributed by atoms with van der Waals surface area (Å²) in [6.07, 6.45) is -7.54. The van der Waals surface area contributed by atoms with Crippen molar-refractivity contribution in [3.8, 4) is 23.3 Å². The first-order valence-electron chi connectivity index (χ1n) is 9.19. The van der Waals surface area contributed by atoms with Crippen molar-refractivity contribution in [2.45, 2.75) is 37.6 Å². The lowest BCUT2D eigenvalue weighted by molar-refractivity contribution is -0.385. The monoisotopic (exact) mass is 432 g/mol. The van der Waals surface area contributed by atoms with E-state index in [2.05, 4.69) is 0 Å². The van der Waals surface area contributed by atoms with E-state index >= 15 is 0 Å². The Morgan fingerprint density at radius 1 is 1.13 bits per heavy atom. The third-order valence-electron chi connectivity index (χ3n) is 4.76. The molecule has 0 aromatic heterocycles. The fourth-order valence-electron chi connectivity index (χ4n) is 3.02. The highest BCUT2D eigenvalue weighted by atomic mass is 16.7. The molecule has 164 valence electrons. The van der Waals surface area contributed by atoms with E-state index in [-0.39, 0.29) is 17.2 Å². The fraction of sp³-hybridized carbons (Fsp3) is 0.350. The number of nitriles is 1. The largest absolute Gasteiger partial charge is 0.461 e. The maximum atomic E-state index is 11.6. The maximum Gasteiger partial charge on any atom is 0.315 e. The highest BCUT2D eigenvalue weighted by molar-refractivity contribution is 5.56. The number of ether oxygens (including phenoxy) is 3. The number of benzene rings is 2. The topological polar surface area (TPSA) is 176 Å². The van der Waals surface area contributed by atoms with Crippen LogP contribution in [-0.2, 0) is 4.74 Å². The minimum atomic E-state index is -1.66. The molecule has 5 unspecified atom stereocenters. The quantitative estimate of drug-likeness (QED) is 0.376.